The predicted molar refractivity (Wildman–Crippen MR) is 111 cm³/mol. The van der Waals surface area contributed by atoms with Crippen LogP contribution < -0.4 is 20.1 Å². The van der Waals surface area contributed by atoms with Gasteiger partial charge >= 0.3 is 0 Å². The van der Waals surface area contributed by atoms with E-state index in [0.29, 0.717) is 5.11 Å². The number of thiocarbonyl (C=S) groups is 1. The Hall–Kier alpha value is -2.27. The summed E-state index contributed by atoms with van der Waals surface area (Å²) < 4.78 is 10.6. The van der Waals surface area contributed by atoms with Crippen molar-refractivity contribution in [3.05, 3.63) is 59.2 Å². The van der Waals surface area contributed by atoms with Crippen LogP contribution in [0.5, 0.6) is 11.5 Å². The molecular formula is C21H28N2O2S. The second-order valence-corrected chi connectivity index (χ2v) is 6.56. The molecule has 140 valence electrons. The molecule has 0 aliphatic carbocycles. The van der Waals surface area contributed by atoms with E-state index in [-0.39, 0.29) is 6.04 Å². The molecule has 2 N–H and O–H groups in total. The van der Waals surface area contributed by atoms with Gasteiger partial charge in [-0.25, -0.2) is 0 Å². The number of hydrogen-bond acceptors (Lipinski definition) is 3. The van der Waals surface area contributed by atoms with Crippen LogP contribution in [0.1, 0.15) is 36.6 Å². The molecule has 0 saturated heterocycles. The first-order valence-corrected chi connectivity index (χ1v) is 9.32. The number of hydrogen-bond donors (Lipinski definition) is 2. The summed E-state index contributed by atoms with van der Waals surface area (Å²) in [5, 5.41) is 7.27. The largest absolute Gasteiger partial charge is 0.493 e. The second-order valence-electron chi connectivity index (χ2n) is 6.16. The summed E-state index contributed by atoms with van der Waals surface area (Å²) in [7, 11) is 3.29. The minimum atomic E-state index is 0.169. The normalized spacial score (nSPS) is 11.5. The van der Waals surface area contributed by atoms with Crippen LogP contribution in [0.4, 0.5) is 0 Å². The standard InChI is InChI=1S/C21H28N2O2S/c1-5-16-6-9-18(10-7-16)15(2)23-21(26)22-13-12-17-8-11-19(24-3)20(14-17)25-4/h6-11,14-15H,5,12-13H2,1-4H3,(H2,22,23,26). The molecule has 0 bridgehead atoms. The van der Waals surface area contributed by atoms with Gasteiger partial charge in [0.1, 0.15) is 0 Å². The molecular weight excluding hydrogens is 344 g/mol. The first-order chi connectivity index (χ1) is 12.6. The van der Waals surface area contributed by atoms with Crippen molar-refractivity contribution in [2.45, 2.75) is 32.7 Å². The summed E-state index contributed by atoms with van der Waals surface area (Å²) >= 11 is 5.42. The average Bonchev–Trinajstić information content (AvgIpc) is 2.67. The van der Waals surface area contributed by atoms with E-state index in [0.717, 1.165) is 30.9 Å². The van der Waals surface area contributed by atoms with Crippen molar-refractivity contribution in [2.75, 3.05) is 20.8 Å². The summed E-state index contributed by atoms with van der Waals surface area (Å²) in [4.78, 5) is 0. The van der Waals surface area contributed by atoms with Gasteiger partial charge in [-0.15, -0.1) is 0 Å². The molecule has 0 amide bonds. The first kappa shape index (κ1) is 20.0. The summed E-state index contributed by atoms with van der Waals surface area (Å²) in [6.07, 6.45) is 1.90. The molecule has 0 aliphatic heterocycles. The van der Waals surface area contributed by atoms with Gasteiger partial charge < -0.3 is 20.1 Å². The van der Waals surface area contributed by atoms with E-state index in [1.165, 1.54) is 16.7 Å². The Morgan fingerprint density at radius 2 is 1.65 bits per heavy atom. The predicted octanol–water partition coefficient (Wildman–Crippen LogP) is 4.03. The smallest absolute Gasteiger partial charge is 0.166 e. The van der Waals surface area contributed by atoms with Crippen molar-refractivity contribution in [3.63, 3.8) is 0 Å². The Bertz CT molecular complexity index is 716. The monoisotopic (exact) mass is 372 g/mol. The highest BCUT2D eigenvalue weighted by Crippen LogP contribution is 2.27. The highest BCUT2D eigenvalue weighted by atomic mass is 32.1. The fraction of sp³-hybridized carbons (Fsp3) is 0.381. The highest BCUT2D eigenvalue weighted by molar-refractivity contribution is 7.80. The summed E-state index contributed by atoms with van der Waals surface area (Å²) in [6.45, 7) is 5.03. The fourth-order valence-corrected chi connectivity index (χ4v) is 3.01. The SMILES string of the molecule is CCc1ccc(C(C)NC(=S)NCCc2ccc(OC)c(OC)c2)cc1. The highest BCUT2D eigenvalue weighted by Gasteiger charge is 2.08. The van der Waals surface area contributed by atoms with Crippen LogP contribution in [0.15, 0.2) is 42.5 Å². The lowest BCUT2D eigenvalue weighted by Crippen LogP contribution is -2.37. The van der Waals surface area contributed by atoms with Gasteiger partial charge in [-0.2, -0.15) is 0 Å². The zero-order chi connectivity index (χ0) is 18.9. The lowest BCUT2D eigenvalue weighted by Gasteiger charge is -2.18. The number of benzene rings is 2. The number of methoxy groups -OCH3 is 2. The van der Waals surface area contributed by atoms with Gasteiger partial charge in [-0.05, 0) is 60.8 Å². The lowest BCUT2D eigenvalue weighted by atomic mass is 10.1. The molecule has 2 rings (SSSR count). The number of ether oxygens (including phenoxy) is 2. The molecule has 0 heterocycles. The molecule has 26 heavy (non-hydrogen) atoms. The van der Waals surface area contributed by atoms with Gasteiger partial charge in [-0.3, -0.25) is 0 Å². The van der Waals surface area contributed by atoms with Crippen LogP contribution in [0.25, 0.3) is 0 Å². The van der Waals surface area contributed by atoms with Crippen molar-refractivity contribution in [3.8, 4) is 11.5 Å². The van der Waals surface area contributed by atoms with Crippen molar-refractivity contribution < 1.29 is 9.47 Å². The van der Waals surface area contributed by atoms with Crippen LogP contribution in [0.3, 0.4) is 0 Å². The van der Waals surface area contributed by atoms with Crippen LogP contribution in [-0.2, 0) is 12.8 Å². The van der Waals surface area contributed by atoms with Gasteiger partial charge in [0.2, 0.25) is 0 Å². The van der Waals surface area contributed by atoms with E-state index < -0.39 is 0 Å². The zero-order valence-corrected chi connectivity index (χ0v) is 16.8. The van der Waals surface area contributed by atoms with E-state index in [2.05, 4.69) is 48.7 Å². The van der Waals surface area contributed by atoms with E-state index in [1.807, 2.05) is 18.2 Å². The maximum absolute atomic E-state index is 5.42. The topological polar surface area (TPSA) is 42.5 Å². The zero-order valence-electron chi connectivity index (χ0n) is 16.0. The van der Waals surface area contributed by atoms with Crippen molar-refractivity contribution >= 4 is 17.3 Å². The minimum absolute atomic E-state index is 0.169. The summed E-state index contributed by atoms with van der Waals surface area (Å²) in [5.41, 5.74) is 3.74. The Morgan fingerprint density at radius 3 is 2.27 bits per heavy atom. The van der Waals surface area contributed by atoms with E-state index >= 15 is 0 Å². The quantitative estimate of drug-likeness (QED) is 0.685. The van der Waals surface area contributed by atoms with Gasteiger partial charge in [0, 0.05) is 6.54 Å². The van der Waals surface area contributed by atoms with Crippen LogP contribution in [0.2, 0.25) is 0 Å². The van der Waals surface area contributed by atoms with E-state index in [9.17, 15) is 0 Å². The molecule has 0 saturated carbocycles. The third-order valence-electron chi connectivity index (χ3n) is 4.38. The van der Waals surface area contributed by atoms with Crippen molar-refractivity contribution in [1.82, 2.24) is 10.6 Å². The Labute approximate surface area is 161 Å². The van der Waals surface area contributed by atoms with Crippen LogP contribution >= 0.6 is 12.2 Å². The molecule has 1 unspecified atom stereocenters. The molecule has 4 nitrogen and oxygen atoms in total. The lowest BCUT2D eigenvalue weighted by molar-refractivity contribution is 0.354. The molecule has 0 aromatic heterocycles. The molecule has 0 radical (unpaired) electrons. The third kappa shape index (κ3) is 5.63. The fourth-order valence-electron chi connectivity index (χ4n) is 2.73. The van der Waals surface area contributed by atoms with Crippen LogP contribution in [-0.4, -0.2) is 25.9 Å². The maximum atomic E-state index is 5.42. The van der Waals surface area contributed by atoms with Crippen LogP contribution in [0, 0.1) is 0 Å². The third-order valence-corrected chi connectivity index (χ3v) is 4.64. The number of aryl methyl sites for hydroxylation is 1. The van der Waals surface area contributed by atoms with Crippen molar-refractivity contribution in [1.29, 1.82) is 0 Å². The minimum Gasteiger partial charge on any atom is -0.493 e. The summed E-state index contributed by atoms with van der Waals surface area (Å²) in [5.74, 6) is 1.49. The Morgan fingerprint density at radius 1 is 1.00 bits per heavy atom. The Kier molecular flexibility index (Phi) is 7.73. The van der Waals surface area contributed by atoms with Gasteiger partial charge in [0.25, 0.3) is 0 Å². The Balaban J connectivity index is 1.81. The first-order valence-electron chi connectivity index (χ1n) is 8.91. The molecule has 2 aromatic rings. The number of nitrogens with one attached hydrogen (secondary N) is 2. The molecule has 0 aliphatic rings. The van der Waals surface area contributed by atoms with Crippen molar-refractivity contribution in [2.24, 2.45) is 0 Å². The van der Waals surface area contributed by atoms with E-state index in [4.69, 9.17) is 21.7 Å². The summed E-state index contributed by atoms with van der Waals surface area (Å²) in [6, 6.07) is 14.8. The molecule has 2 aromatic carbocycles. The van der Waals surface area contributed by atoms with Gasteiger partial charge in [0.15, 0.2) is 16.6 Å². The van der Waals surface area contributed by atoms with Gasteiger partial charge in [0.05, 0.1) is 20.3 Å². The average molecular weight is 373 g/mol. The van der Waals surface area contributed by atoms with E-state index in [1.54, 1.807) is 14.2 Å². The molecule has 0 fully saturated rings. The molecule has 1 atom stereocenters. The van der Waals surface area contributed by atoms with Gasteiger partial charge in [-0.1, -0.05) is 37.3 Å². The molecule has 5 heteroatoms. The maximum Gasteiger partial charge on any atom is 0.166 e. The number of rotatable bonds is 8. The molecule has 0 spiro atoms. The second kappa shape index (κ2) is 10.0.